The first kappa shape index (κ1) is 16.1. The van der Waals surface area contributed by atoms with Gasteiger partial charge in [-0.05, 0) is 36.2 Å². The van der Waals surface area contributed by atoms with Crippen molar-refractivity contribution in [3.8, 4) is 0 Å². The first-order chi connectivity index (χ1) is 12.5. The van der Waals surface area contributed by atoms with E-state index in [-0.39, 0.29) is 11.9 Å². The van der Waals surface area contributed by atoms with Crippen LogP contribution in [0.15, 0.2) is 48.7 Å². The van der Waals surface area contributed by atoms with Crippen molar-refractivity contribution >= 4 is 28.5 Å². The number of H-pyrrole nitrogens is 1. The second-order valence-electron chi connectivity index (χ2n) is 6.64. The zero-order chi connectivity index (χ0) is 18.3. The molecule has 0 spiro atoms. The predicted molar refractivity (Wildman–Crippen MR) is 98.5 cm³/mol. The van der Waals surface area contributed by atoms with Crippen LogP contribution in [0.3, 0.4) is 0 Å². The van der Waals surface area contributed by atoms with Crippen LogP contribution in [0.25, 0.3) is 10.9 Å². The molecule has 1 aromatic heterocycles. The van der Waals surface area contributed by atoms with E-state index < -0.39 is 5.54 Å². The van der Waals surface area contributed by atoms with Gasteiger partial charge in [0.1, 0.15) is 5.54 Å². The smallest absolute Gasteiger partial charge is 0.325 e. The number of aromatic nitrogens is 2. The predicted octanol–water partition coefficient (Wildman–Crippen LogP) is 2.57. The van der Waals surface area contributed by atoms with Crippen LogP contribution in [-0.4, -0.2) is 34.1 Å². The minimum atomic E-state index is -1.02. The molecule has 3 aromatic rings. The summed E-state index contributed by atoms with van der Waals surface area (Å²) in [6.45, 7) is 2.39. The number of anilines is 1. The van der Waals surface area contributed by atoms with E-state index in [0.29, 0.717) is 6.54 Å². The van der Waals surface area contributed by atoms with Crippen molar-refractivity contribution in [3.63, 3.8) is 0 Å². The Morgan fingerprint density at radius 1 is 1.15 bits per heavy atom. The van der Waals surface area contributed by atoms with Gasteiger partial charge in [-0.2, -0.15) is 5.10 Å². The zero-order valence-electron chi connectivity index (χ0n) is 14.5. The highest BCUT2D eigenvalue weighted by Crippen LogP contribution is 2.29. The normalized spacial score (nSPS) is 19.8. The average molecular weight is 349 g/mol. The van der Waals surface area contributed by atoms with Gasteiger partial charge in [0, 0.05) is 24.7 Å². The van der Waals surface area contributed by atoms with Gasteiger partial charge in [-0.1, -0.05) is 24.3 Å². The molecule has 3 amide bonds. The number of nitrogens with zero attached hydrogens (tertiary/aromatic N) is 2. The fraction of sp³-hybridized carbons (Fsp3) is 0.211. The molecule has 1 unspecified atom stereocenters. The van der Waals surface area contributed by atoms with Gasteiger partial charge in [0.25, 0.3) is 5.91 Å². The molecule has 1 aliphatic rings. The molecule has 4 rings (SSSR count). The molecule has 0 aliphatic carbocycles. The fourth-order valence-corrected chi connectivity index (χ4v) is 3.19. The summed E-state index contributed by atoms with van der Waals surface area (Å²) < 4.78 is 0. The summed E-state index contributed by atoms with van der Waals surface area (Å²) in [5, 5.41) is 14.2. The van der Waals surface area contributed by atoms with Crippen molar-refractivity contribution < 1.29 is 9.59 Å². The molecule has 2 aromatic carbocycles. The number of urea groups is 1. The summed E-state index contributed by atoms with van der Waals surface area (Å²) in [4.78, 5) is 25.2. The maximum absolute atomic E-state index is 12.3. The summed E-state index contributed by atoms with van der Waals surface area (Å²) in [7, 11) is 1.48. The van der Waals surface area contributed by atoms with E-state index in [2.05, 4.69) is 33.0 Å². The van der Waals surface area contributed by atoms with Crippen LogP contribution in [-0.2, 0) is 16.9 Å². The number of carbonyl (C=O) groups excluding carboxylic acids is 2. The molecule has 2 heterocycles. The van der Waals surface area contributed by atoms with Crippen LogP contribution in [0.2, 0.25) is 0 Å². The number of likely N-dealkylation sites (N-methyl/N-ethyl adjacent to an activating group) is 1. The van der Waals surface area contributed by atoms with Crippen molar-refractivity contribution in [1.29, 1.82) is 0 Å². The van der Waals surface area contributed by atoms with Crippen molar-refractivity contribution in [2.75, 3.05) is 12.4 Å². The molecule has 1 aliphatic heterocycles. The Balaban J connectivity index is 1.48. The third-order valence-corrected chi connectivity index (χ3v) is 4.86. The van der Waals surface area contributed by atoms with E-state index in [4.69, 9.17) is 0 Å². The van der Waals surface area contributed by atoms with E-state index in [9.17, 15) is 9.59 Å². The maximum Gasteiger partial charge on any atom is 0.325 e. The van der Waals surface area contributed by atoms with Crippen LogP contribution in [0.1, 0.15) is 18.1 Å². The quantitative estimate of drug-likeness (QED) is 0.632. The van der Waals surface area contributed by atoms with Crippen LogP contribution in [0, 0.1) is 0 Å². The Labute approximate surface area is 150 Å². The Morgan fingerprint density at radius 3 is 2.62 bits per heavy atom. The Kier molecular flexibility index (Phi) is 3.64. The van der Waals surface area contributed by atoms with Crippen LogP contribution in [0.5, 0.6) is 0 Å². The van der Waals surface area contributed by atoms with Crippen molar-refractivity contribution in [1.82, 2.24) is 20.4 Å². The number of amides is 3. The molecule has 1 atom stereocenters. The lowest BCUT2D eigenvalue weighted by atomic mass is 9.92. The number of hydrogen-bond donors (Lipinski definition) is 3. The topological polar surface area (TPSA) is 90.1 Å². The van der Waals surface area contributed by atoms with Gasteiger partial charge < -0.3 is 10.6 Å². The lowest BCUT2D eigenvalue weighted by molar-refractivity contribution is -0.130. The van der Waals surface area contributed by atoms with E-state index in [1.54, 1.807) is 13.1 Å². The van der Waals surface area contributed by atoms with E-state index in [1.165, 1.54) is 7.05 Å². The average Bonchev–Trinajstić information content (AvgIpc) is 3.19. The lowest BCUT2D eigenvalue weighted by Crippen LogP contribution is -2.40. The minimum Gasteiger partial charge on any atom is -0.381 e. The molecule has 1 saturated heterocycles. The van der Waals surface area contributed by atoms with Gasteiger partial charge in [0.2, 0.25) is 0 Å². The van der Waals surface area contributed by atoms with Crippen molar-refractivity contribution in [2.24, 2.45) is 0 Å². The highest BCUT2D eigenvalue weighted by Gasteiger charge is 2.47. The van der Waals surface area contributed by atoms with Gasteiger partial charge in [-0.15, -0.1) is 0 Å². The van der Waals surface area contributed by atoms with Crippen LogP contribution < -0.4 is 10.6 Å². The second-order valence-corrected chi connectivity index (χ2v) is 6.64. The zero-order valence-corrected chi connectivity index (χ0v) is 14.5. The Hall–Kier alpha value is -3.35. The summed E-state index contributed by atoms with van der Waals surface area (Å²) in [5.74, 6) is -0.254. The molecule has 0 radical (unpaired) electrons. The monoisotopic (exact) mass is 349 g/mol. The standard InChI is InChI=1S/C19H19N5O2/c1-19(17(25)24(2)18(26)22-19)14-5-7-15(8-6-14)20-10-12-3-4-13-11-21-23-16(13)9-12/h3-9,11,20H,10H2,1-2H3,(H,21,23)(H,22,26). The molecule has 0 bridgehead atoms. The first-order valence-corrected chi connectivity index (χ1v) is 8.34. The van der Waals surface area contributed by atoms with Gasteiger partial charge >= 0.3 is 6.03 Å². The summed E-state index contributed by atoms with van der Waals surface area (Å²) in [6.07, 6.45) is 1.80. The van der Waals surface area contributed by atoms with E-state index in [0.717, 1.165) is 32.6 Å². The SMILES string of the molecule is CN1C(=O)NC(C)(c2ccc(NCc3ccc4cn[nH]c4c3)cc2)C1=O. The van der Waals surface area contributed by atoms with Crippen LogP contribution >= 0.6 is 0 Å². The molecule has 7 nitrogen and oxygen atoms in total. The highest BCUT2D eigenvalue weighted by atomic mass is 16.2. The molecule has 26 heavy (non-hydrogen) atoms. The number of nitrogens with one attached hydrogen (secondary N) is 3. The van der Waals surface area contributed by atoms with Crippen molar-refractivity contribution in [3.05, 3.63) is 59.8 Å². The Morgan fingerprint density at radius 2 is 1.92 bits per heavy atom. The second kappa shape index (κ2) is 5.87. The number of imide groups is 1. The molecule has 3 N–H and O–H groups in total. The largest absolute Gasteiger partial charge is 0.381 e. The third kappa shape index (κ3) is 2.57. The number of hydrogen-bond acceptors (Lipinski definition) is 4. The van der Waals surface area contributed by atoms with Gasteiger partial charge in [0.15, 0.2) is 0 Å². The number of fused-ring (bicyclic) bond motifs is 1. The minimum absolute atomic E-state index is 0.254. The summed E-state index contributed by atoms with van der Waals surface area (Å²) in [5.41, 5.74) is 2.82. The highest BCUT2D eigenvalue weighted by molar-refractivity contribution is 6.06. The fourth-order valence-electron chi connectivity index (χ4n) is 3.19. The third-order valence-electron chi connectivity index (χ3n) is 4.86. The van der Waals surface area contributed by atoms with Gasteiger partial charge in [-0.3, -0.25) is 14.8 Å². The maximum atomic E-state index is 12.3. The van der Waals surface area contributed by atoms with E-state index >= 15 is 0 Å². The first-order valence-electron chi connectivity index (χ1n) is 8.34. The van der Waals surface area contributed by atoms with Crippen molar-refractivity contribution in [2.45, 2.75) is 19.0 Å². The molecule has 0 saturated carbocycles. The summed E-state index contributed by atoms with van der Waals surface area (Å²) in [6, 6.07) is 13.3. The van der Waals surface area contributed by atoms with Gasteiger partial charge in [-0.25, -0.2) is 4.79 Å². The Bertz CT molecular complexity index is 995. The van der Waals surface area contributed by atoms with Crippen LogP contribution in [0.4, 0.5) is 10.5 Å². The molecule has 1 fully saturated rings. The number of benzene rings is 2. The molecular weight excluding hydrogens is 330 g/mol. The number of carbonyl (C=O) groups is 2. The van der Waals surface area contributed by atoms with Gasteiger partial charge in [0.05, 0.1) is 11.7 Å². The lowest BCUT2D eigenvalue weighted by Gasteiger charge is -2.22. The summed E-state index contributed by atoms with van der Waals surface area (Å²) >= 11 is 0. The molecule has 132 valence electrons. The number of rotatable bonds is 4. The number of aromatic amines is 1. The molecule has 7 heteroatoms. The molecular formula is C19H19N5O2. The van der Waals surface area contributed by atoms with E-state index in [1.807, 2.05) is 30.3 Å².